The summed E-state index contributed by atoms with van der Waals surface area (Å²) in [5, 5.41) is 9.26. The van der Waals surface area contributed by atoms with Crippen LogP contribution in [0.5, 0.6) is 5.75 Å². The van der Waals surface area contributed by atoms with Gasteiger partial charge in [-0.05, 0) is 38.2 Å². The van der Waals surface area contributed by atoms with E-state index in [4.69, 9.17) is 4.74 Å². The van der Waals surface area contributed by atoms with Crippen LogP contribution in [0.1, 0.15) is 18.1 Å². The maximum Gasteiger partial charge on any atom is 0.124 e. The summed E-state index contributed by atoms with van der Waals surface area (Å²) in [6.45, 7) is 3.65. The largest absolute Gasteiger partial charge is 0.492 e. The highest BCUT2D eigenvalue weighted by molar-refractivity contribution is 5.36. The fraction of sp³-hybridized carbons (Fsp3) is 0.538. The number of benzene rings is 1. The highest BCUT2D eigenvalue weighted by Gasteiger charge is 2.04. The number of ether oxygens (including phenoxy) is 1. The van der Waals surface area contributed by atoms with Gasteiger partial charge in [0.2, 0.25) is 0 Å². The molecule has 0 saturated heterocycles. The van der Waals surface area contributed by atoms with E-state index < -0.39 is 0 Å². The lowest BCUT2D eigenvalue weighted by Gasteiger charge is -2.14. The molecule has 0 aromatic heterocycles. The van der Waals surface area contributed by atoms with E-state index in [1.165, 1.54) is 5.56 Å². The molecule has 3 heteroatoms. The number of hydrogen-bond acceptors (Lipinski definition) is 3. The summed E-state index contributed by atoms with van der Waals surface area (Å²) in [6, 6.07) is 6.00. The SMILES string of the molecule is CCc1ccc(OCCN(C)C)c(CO)c1. The van der Waals surface area contributed by atoms with Crippen molar-refractivity contribution in [3.8, 4) is 5.75 Å². The number of rotatable bonds is 6. The van der Waals surface area contributed by atoms with Crippen molar-refractivity contribution in [3.05, 3.63) is 29.3 Å². The van der Waals surface area contributed by atoms with Crippen molar-refractivity contribution in [2.45, 2.75) is 20.0 Å². The van der Waals surface area contributed by atoms with Gasteiger partial charge in [0.1, 0.15) is 12.4 Å². The van der Waals surface area contributed by atoms with Crippen molar-refractivity contribution < 1.29 is 9.84 Å². The minimum Gasteiger partial charge on any atom is -0.492 e. The van der Waals surface area contributed by atoms with Crippen molar-refractivity contribution in [2.75, 3.05) is 27.2 Å². The van der Waals surface area contributed by atoms with Crippen LogP contribution in [0.2, 0.25) is 0 Å². The molecule has 3 nitrogen and oxygen atoms in total. The fourth-order valence-corrected chi connectivity index (χ4v) is 1.46. The summed E-state index contributed by atoms with van der Waals surface area (Å²) in [5.41, 5.74) is 2.10. The van der Waals surface area contributed by atoms with E-state index in [0.717, 1.165) is 24.3 Å². The third-order valence-corrected chi connectivity index (χ3v) is 2.50. The molecule has 0 aliphatic carbocycles. The monoisotopic (exact) mass is 223 g/mol. The van der Waals surface area contributed by atoms with E-state index >= 15 is 0 Å². The van der Waals surface area contributed by atoms with Gasteiger partial charge in [-0.2, -0.15) is 0 Å². The Hall–Kier alpha value is -1.06. The zero-order valence-corrected chi connectivity index (χ0v) is 10.4. The number of likely N-dealkylation sites (N-methyl/N-ethyl adjacent to an activating group) is 1. The predicted octanol–water partition coefficient (Wildman–Crippen LogP) is 1.68. The molecule has 1 N–H and O–H groups in total. The molecule has 90 valence electrons. The van der Waals surface area contributed by atoms with Crippen LogP contribution in [0, 0.1) is 0 Å². The van der Waals surface area contributed by atoms with Crippen LogP contribution in [0.4, 0.5) is 0 Å². The molecule has 0 bridgehead atoms. The molecular formula is C13H21NO2. The second-order valence-electron chi connectivity index (χ2n) is 4.11. The molecule has 0 spiro atoms. The lowest BCUT2D eigenvalue weighted by atomic mass is 10.1. The molecule has 0 aliphatic rings. The van der Waals surface area contributed by atoms with Gasteiger partial charge in [-0.3, -0.25) is 0 Å². The Morgan fingerprint density at radius 3 is 2.62 bits per heavy atom. The summed E-state index contributed by atoms with van der Waals surface area (Å²) in [5.74, 6) is 0.793. The van der Waals surface area contributed by atoms with Crippen LogP contribution in [-0.4, -0.2) is 37.3 Å². The first-order valence-electron chi connectivity index (χ1n) is 5.67. The molecule has 1 rings (SSSR count). The summed E-state index contributed by atoms with van der Waals surface area (Å²) in [4.78, 5) is 2.07. The van der Waals surface area contributed by atoms with Gasteiger partial charge >= 0.3 is 0 Å². The Bertz CT molecular complexity index is 324. The second kappa shape index (κ2) is 6.51. The molecule has 0 saturated carbocycles. The first kappa shape index (κ1) is 13.0. The lowest BCUT2D eigenvalue weighted by molar-refractivity contribution is 0.243. The number of aliphatic hydroxyl groups excluding tert-OH is 1. The van der Waals surface area contributed by atoms with E-state index in [1.54, 1.807) is 0 Å². The van der Waals surface area contributed by atoms with Crippen LogP contribution in [0.15, 0.2) is 18.2 Å². The summed E-state index contributed by atoms with van der Waals surface area (Å²) < 4.78 is 5.64. The van der Waals surface area contributed by atoms with Gasteiger partial charge in [0.15, 0.2) is 0 Å². The zero-order valence-electron chi connectivity index (χ0n) is 10.4. The lowest BCUT2D eigenvalue weighted by Crippen LogP contribution is -2.19. The molecule has 0 aliphatic heterocycles. The van der Waals surface area contributed by atoms with Crippen molar-refractivity contribution >= 4 is 0 Å². The summed E-state index contributed by atoms with van der Waals surface area (Å²) in [7, 11) is 4.02. The maximum atomic E-state index is 9.26. The maximum absolute atomic E-state index is 9.26. The van der Waals surface area contributed by atoms with Gasteiger partial charge in [0.25, 0.3) is 0 Å². The molecule has 0 amide bonds. The average Bonchev–Trinajstić information content (AvgIpc) is 2.29. The Kier molecular flexibility index (Phi) is 5.29. The highest BCUT2D eigenvalue weighted by atomic mass is 16.5. The molecule has 0 unspecified atom stereocenters. The van der Waals surface area contributed by atoms with Crippen LogP contribution in [0.25, 0.3) is 0 Å². The number of nitrogens with zero attached hydrogens (tertiary/aromatic N) is 1. The van der Waals surface area contributed by atoms with E-state index in [-0.39, 0.29) is 6.61 Å². The minimum absolute atomic E-state index is 0.0329. The normalized spacial score (nSPS) is 10.8. The molecule has 1 aromatic carbocycles. The first-order chi connectivity index (χ1) is 7.67. The molecule has 16 heavy (non-hydrogen) atoms. The van der Waals surface area contributed by atoms with Gasteiger partial charge in [-0.25, -0.2) is 0 Å². The Balaban J connectivity index is 2.64. The predicted molar refractivity (Wildman–Crippen MR) is 65.8 cm³/mol. The van der Waals surface area contributed by atoms with E-state index in [1.807, 2.05) is 32.3 Å². The fourth-order valence-electron chi connectivity index (χ4n) is 1.46. The van der Waals surface area contributed by atoms with Gasteiger partial charge in [-0.1, -0.05) is 13.0 Å². The Morgan fingerprint density at radius 2 is 2.06 bits per heavy atom. The third-order valence-electron chi connectivity index (χ3n) is 2.50. The van der Waals surface area contributed by atoms with E-state index in [9.17, 15) is 5.11 Å². The average molecular weight is 223 g/mol. The van der Waals surface area contributed by atoms with Gasteiger partial charge in [0.05, 0.1) is 6.61 Å². The number of aliphatic hydroxyl groups is 1. The topological polar surface area (TPSA) is 32.7 Å². The molecule has 0 radical (unpaired) electrons. The smallest absolute Gasteiger partial charge is 0.124 e. The molecular weight excluding hydrogens is 202 g/mol. The quantitative estimate of drug-likeness (QED) is 0.796. The zero-order chi connectivity index (χ0) is 12.0. The first-order valence-corrected chi connectivity index (χ1v) is 5.67. The van der Waals surface area contributed by atoms with Crippen LogP contribution in [-0.2, 0) is 13.0 Å². The van der Waals surface area contributed by atoms with Crippen molar-refractivity contribution in [3.63, 3.8) is 0 Å². The van der Waals surface area contributed by atoms with Crippen molar-refractivity contribution in [1.29, 1.82) is 0 Å². The Labute approximate surface area is 97.7 Å². The molecule has 1 aromatic rings. The van der Waals surface area contributed by atoms with Gasteiger partial charge in [0, 0.05) is 12.1 Å². The van der Waals surface area contributed by atoms with E-state index in [0.29, 0.717) is 6.61 Å². The van der Waals surface area contributed by atoms with Crippen LogP contribution in [0.3, 0.4) is 0 Å². The molecule has 0 atom stereocenters. The van der Waals surface area contributed by atoms with Crippen LogP contribution >= 0.6 is 0 Å². The number of hydrogen-bond donors (Lipinski definition) is 1. The molecule has 0 heterocycles. The highest BCUT2D eigenvalue weighted by Crippen LogP contribution is 2.20. The standard InChI is InChI=1S/C13H21NO2/c1-4-11-5-6-13(12(9-11)10-15)16-8-7-14(2)3/h5-6,9,15H,4,7-8,10H2,1-3H3. The Morgan fingerprint density at radius 1 is 1.31 bits per heavy atom. The summed E-state index contributed by atoms with van der Waals surface area (Å²) in [6.07, 6.45) is 0.977. The summed E-state index contributed by atoms with van der Waals surface area (Å²) >= 11 is 0. The third kappa shape index (κ3) is 3.83. The second-order valence-corrected chi connectivity index (χ2v) is 4.11. The number of aryl methyl sites for hydroxylation is 1. The van der Waals surface area contributed by atoms with E-state index in [2.05, 4.69) is 11.8 Å². The van der Waals surface area contributed by atoms with Gasteiger partial charge < -0.3 is 14.7 Å². The van der Waals surface area contributed by atoms with Gasteiger partial charge in [-0.15, -0.1) is 0 Å². The van der Waals surface area contributed by atoms with Crippen LogP contribution < -0.4 is 4.74 Å². The van der Waals surface area contributed by atoms with Crippen molar-refractivity contribution in [2.24, 2.45) is 0 Å². The minimum atomic E-state index is 0.0329. The molecule has 0 fully saturated rings. The van der Waals surface area contributed by atoms with Crippen molar-refractivity contribution in [1.82, 2.24) is 4.90 Å².